The van der Waals surface area contributed by atoms with E-state index in [2.05, 4.69) is 36.2 Å². The van der Waals surface area contributed by atoms with E-state index in [1.54, 1.807) is 24.0 Å². The lowest BCUT2D eigenvalue weighted by Crippen LogP contribution is -2.12. The van der Waals surface area contributed by atoms with E-state index in [4.69, 9.17) is 5.11 Å². The first-order valence-electron chi connectivity index (χ1n) is 6.29. The van der Waals surface area contributed by atoms with Crippen LogP contribution in [0.25, 0.3) is 0 Å². The zero-order valence-electron chi connectivity index (χ0n) is 12.0. The molecule has 2 aromatic rings. The number of nitrogens with one attached hydrogen (secondary N) is 1. The number of nitrogens with zero attached hydrogens (tertiary/aromatic N) is 3. The van der Waals surface area contributed by atoms with Crippen LogP contribution in [0.4, 0.5) is 11.6 Å². The highest BCUT2D eigenvalue weighted by atomic mass is 16.4. The molecule has 0 atom stereocenters. The van der Waals surface area contributed by atoms with E-state index >= 15 is 0 Å². The van der Waals surface area contributed by atoms with Crippen molar-refractivity contribution in [3.05, 3.63) is 35.7 Å². The molecule has 2 rings (SSSR count). The molecular weight excluding hydrogens is 256 g/mol. The van der Waals surface area contributed by atoms with Gasteiger partial charge in [-0.05, 0) is 12.1 Å². The van der Waals surface area contributed by atoms with Crippen LogP contribution in [0.1, 0.15) is 36.8 Å². The Balaban J connectivity index is 2.36. The molecule has 0 aromatic carbocycles. The first-order chi connectivity index (χ1) is 9.29. The molecule has 0 aliphatic rings. The van der Waals surface area contributed by atoms with Crippen molar-refractivity contribution >= 4 is 17.6 Å². The van der Waals surface area contributed by atoms with Gasteiger partial charge in [-0.3, -0.25) is 4.68 Å². The van der Waals surface area contributed by atoms with Gasteiger partial charge in [-0.1, -0.05) is 20.8 Å². The van der Waals surface area contributed by atoms with E-state index in [0.29, 0.717) is 11.6 Å². The van der Waals surface area contributed by atoms with Crippen molar-refractivity contribution in [2.45, 2.75) is 26.2 Å². The summed E-state index contributed by atoms with van der Waals surface area (Å²) < 4.78 is 1.68. The fourth-order valence-corrected chi connectivity index (χ4v) is 1.75. The summed E-state index contributed by atoms with van der Waals surface area (Å²) in [6.07, 6.45) is 1.55. The molecule has 2 N–H and O–H groups in total. The fraction of sp³-hybridized carbons (Fsp3) is 0.357. The van der Waals surface area contributed by atoms with E-state index in [1.165, 1.54) is 6.07 Å². The van der Waals surface area contributed by atoms with Gasteiger partial charge in [0, 0.05) is 24.7 Å². The Morgan fingerprint density at radius 3 is 2.65 bits per heavy atom. The first kappa shape index (κ1) is 14.0. The smallest absolute Gasteiger partial charge is 0.339 e. The van der Waals surface area contributed by atoms with E-state index in [9.17, 15) is 4.79 Å². The number of rotatable bonds is 3. The van der Waals surface area contributed by atoms with Gasteiger partial charge in [-0.25, -0.2) is 9.78 Å². The second kappa shape index (κ2) is 4.96. The zero-order chi connectivity index (χ0) is 14.9. The van der Waals surface area contributed by atoms with Gasteiger partial charge < -0.3 is 10.4 Å². The lowest BCUT2D eigenvalue weighted by atomic mass is 9.92. The summed E-state index contributed by atoms with van der Waals surface area (Å²) in [6.45, 7) is 6.22. The number of aromatic carboxylic acids is 1. The molecular formula is C14H18N4O2. The molecule has 0 aliphatic heterocycles. The van der Waals surface area contributed by atoms with Crippen molar-refractivity contribution in [3.8, 4) is 0 Å². The van der Waals surface area contributed by atoms with Gasteiger partial charge >= 0.3 is 5.97 Å². The third-order valence-corrected chi connectivity index (χ3v) is 2.93. The molecule has 6 nitrogen and oxygen atoms in total. The van der Waals surface area contributed by atoms with Crippen molar-refractivity contribution in [2.75, 3.05) is 5.32 Å². The Hall–Kier alpha value is -2.37. The molecule has 0 saturated carbocycles. The lowest BCUT2D eigenvalue weighted by Gasteiger charge is -2.13. The van der Waals surface area contributed by atoms with Gasteiger partial charge in [0.05, 0.1) is 5.69 Å². The number of pyridine rings is 1. The molecule has 0 amide bonds. The molecule has 0 saturated heterocycles. The van der Waals surface area contributed by atoms with Gasteiger partial charge in [0.25, 0.3) is 0 Å². The molecule has 0 bridgehead atoms. The van der Waals surface area contributed by atoms with Gasteiger partial charge in [0.2, 0.25) is 0 Å². The Labute approximate surface area is 117 Å². The van der Waals surface area contributed by atoms with Crippen LogP contribution in [0, 0.1) is 0 Å². The van der Waals surface area contributed by atoms with Crippen LogP contribution in [-0.2, 0) is 12.5 Å². The average Bonchev–Trinajstić information content (AvgIpc) is 2.71. The number of hydrogen-bond acceptors (Lipinski definition) is 4. The van der Waals surface area contributed by atoms with Crippen molar-refractivity contribution < 1.29 is 9.90 Å². The largest absolute Gasteiger partial charge is 0.478 e. The summed E-state index contributed by atoms with van der Waals surface area (Å²) in [5, 5.41) is 16.6. The minimum absolute atomic E-state index is 0.0720. The fourth-order valence-electron chi connectivity index (χ4n) is 1.75. The molecule has 106 valence electrons. The Bertz CT molecular complexity index is 641. The van der Waals surface area contributed by atoms with Gasteiger partial charge in [0.1, 0.15) is 17.2 Å². The lowest BCUT2D eigenvalue weighted by molar-refractivity contribution is 0.0697. The molecule has 6 heteroatoms. The number of carboxylic acids is 1. The van der Waals surface area contributed by atoms with Gasteiger partial charge in [0.15, 0.2) is 0 Å². The van der Waals surface area contributed by atoms with E-state index in [0.717, 1.165) is 5.69 Å². The second-order valence-electron chi connectivity index (χ2n) is 5.62. The third kappa shape index (κ3) is 2.79. The van der Waals surface area contributed by atoms with Crippen LogP contribution in [0.5, 0.6) is 0 Å². The van der Waals surface area contributed by atoms with Crippen molar-refractivity contribution in [1.82, 2.24) is 14.8 Å². The van der Waals surface area contributed by atoms with Crippen LogP contribution >= 0.6 is 0 Å². The van der Waals surface area contributed by atoms with Crippen molar-refractivity contribution in [3.63, 3.8) is 0 Å². The molecule has 0 fully saturated rings. The summed E-state index contributed by atoms with van der Waals surface area (Å²) in [4.78, 5) is 15.2. The number of aromatic nitrogens is 3. The van der Waals surface area contributed by atoms with E-state index in [-0.39, 0.29) is 11.0 Å². The number of aryl methyl sites for hydroxylation is 1. The predicted molar refractivity (Wildman–Crippen MR) is 76.4 cm³/mol. The summed E-state index contributed by atoms with van der Waals surface area (Å²) in [6, 6.07) is 5.01. The minimum Gasteiger partial charge on any atom is -0.478 e. The maximum atomic E-state index is 11.2. The molecule has 2 aromatic heterocycles. The summed E-state index contributed by atoms with van der Waals surface area (Å²) in [5.41, 5.74) is 0.985. The van der Waals surface area contributed by atoms with Crippen molar-refractivity contribution in [2.24, 2.45) is 7.05 Å². The normalized spacial score (nSPS) is 11.4. The highest BCUT2D eigenvalue weighted by Crippen LogP contribution is 2.25. The third-order valence-electron chi connectivity index (χ3n) is 2.93. The number of carboxylic acid groups (broad SMARTS) is 1. The first-order valence-corrected chi connectivity index (χ1v) is 6.29. The number of hydrogen-bond donors (Lipinski definition) is 2. The Kier molecular flexibility index (Phi) is 3.48. The maximum absolute atomic E-state index is 11.2. The molecule has 0 radical (unpaired) electrons. The van der Waals surface area contributed by atoms with Crippen LogP contribution in [-0.4, -0.2) is 25.8 Å². The zero-order valence-corrected chi connectivity index (χ0v) is 12.0. The Morgan fingerprint density at radius 2 is 2.10 bits per heavy atom. The SMILES string of the molecule is Cn1nc(C(C)(C)C)cc1Nc1ncccc1C(=O)O. The van der Waals surface area contributed by atoms with E-state index < -0.39 is 5.97 Å². The average molecular weight is 274 g/mol. The topological polar surface area (TPSA) is 80.0 Å². The Morgan fingerprint density at radius 1 is 1.40 bits per heavy atom. The highest BCUT2D eigenvalue weighted by molar-refractivity contribution is 5.93. The van der Waals surface area contributed by atoms with Gasteiger partial charge in [-0.15, -0.1) is 0 Å². The van der Waals surface area contributed by atoms with Crippen LogP contribution in [0.15, 0.2) is 24.4 Å². The van der Waals surface area contributed by atoms with Crippen molar-refractivity contribution in [1.29, 1.82) is 0 Å². The van der Waals surface area contributed by atoms with Crippen LogP contribution < -0.4 is 5.32 Å². The quantitative estimate of drug-likeness (QED) is 0.899. The molecule has 20 heavy (non-hydrogen) atoms. The molecule has 0 spiro atoms. The second-order valence-corrected chi connectivity index (χ2v) is 5.62. The van der Waals surface area contributed by atoms with Crippen LogP contribution in [0.2, 0.25) is 0 Å². The molecule has 0 aliphatic carbocycles. The molecule has 0 unspecified atom stereocenters. The molecule has 2 heterocycles. The monoisotopic (exact) mass is 274 g/mol. The summed E-state index contributed by atoms with van der Waals surface area (Å²) in [5.74, 6) is -0.00148. The summed E-state index contributed by atoms with van der Waals surface area (Å²) >= 11 is 0. The summed E-state index contributed by atoms with van der Waals surface area (Å²) in [7, 11) is 1.81. The number of carbonyl (C=O) groups is 1. The van der Waals surface area contributed by atoms with E-state index in [1.807, 2.05) is 6.07 Å². The standard InChI is InChI=1S/C14H18N4O2/c1-14(2,3)10-8-11(18(4)17-10)16-12-9(13(19)20)6-5-7-15-12/h5-8H,1-4H3,(H,15,16)(H,19,20). The maximum Gasteiger partial charge on any atom is 0.339 e. The van der Waals surface area contributed by atoms with Crippen LogP contribution in [0.3, 0.4) is 0 Å². The minimum atomic E-state index is -1.01. The predicted octanol–water partition coefficient (Wildman–Crippen LogP) is 2.55. The van der Waals surface area contributed by atoms with Gasteiger partial charge in [-0.2, -0.15) is 5.10 Å². The number of anilines is 2. The highest BCUT2D eigenvalue weighted by Gasteiger charge is 2.20.